The van der Waals surface area contributed by atoms with E-state index in [-0.39, 0.29) is 24.6 Å². The van der Waals surface area contributed by atoms with Gasteiger partial charge in [-0.2, -0.15) is 0 Å². The Hall–Kier alpha value is -2.41. The van der Waals surface area contributed by atoms with Gasteiger partial charge >= 0.3 is 5.97 Å². The first-order chi connectivity index (χ1) is 14.2. The highest BCUT2D eigenvalue weighted by molar-refractivity contribution is 7.80. The number of esters is 1. The molecule has 1 N–H and O–H groups in total. The third-order valence-corrected chi connectivity index (χ3v) is 6.24. The van der Waals surface area contributed by atoms with Gasteiger partial charge in [0.2, 0.25) is 0 Å². The van der Waals surface area contributed by atoms with Crippen LogP contribution >= 0.6 is 12.2 Å². The Morgan fingerprint density at radius 1 is 1.24 bits per heavy atom. The Morgan fingerprint density at radius 2 is 2.07 bits per heavy atom. The van der Waals surface area contributed by atoms with Crippen molar-refractivity contribution < 1.29 is 9.53 Å². The minimum Gasteiger partial charge on any atom is -0.465 e. The highest BCUT2D eigenvalue weighted by atomic mass is 32.1. The van der Waals surface area contributed by atoms with Crippen LogP contribution in [-0.4, -0.2) is 38.7 Å². The fraction of sp³-hybridized carbons (Fsp3) is 0.500. The van der Waals surface area contributed by atoms with Gasteiger partial charge in [-0.05, 0) is 56.2 Å². The zero-order chi connectivity index (χ0) is 20.2. The van der Waals surface area contributed by atoms with Crippen molar-refractivity contribution in [2.45, 2.75) is 57.2 Å². The third-order valence-electron chi connectivity index (χ3n) is 5.89. The molecular formula is C22H28N4O2S. The summed E-state index contributed by atoms with van der Waals surface area (Å²) in [6.45, 7) is 2.31. The van der Waals surface area contributed by atoms with E-state index < -0.39 is 0 Å². The molecule has 6 nitrogen and oxygen atoms in total. The van der Waals surface area contributed by atoms with E-state index in [1.807, 2.05) is 30.0 Å². The van der Waals surface area contributed by atoms with Crippen molar-refractivity contribution in [1.82, 2.24) is 19.8 Å². The molecular weight excluding hydrogens is 384 g/mol. The number of hydrogen-bond acceptors (Lipinski definition) is 4. The molecule has 2 aromatic heterocycles. The first kappa shape index (κ1) is 19.9. The first-order valence-electron chi connectivity index (χ1n) is 10.5. The predicted molar refractivity (Wildman–Crippen MR) is 115 cm³/mol. The molecule has 0 amide bonds. The van der Waals surface area contributed by atoms with Crippen LogP contribution in [0.5, 0.6) is 0 Å². The maximum absolute atomic E-state index is 12.3. The van der Waals surface area contributed by atoms with Crippen LogP contribution < -0.4 is 5.32 Å². The Labute approximate surface area is 177 Å². The number of aromatic nitrogens is 2. The minimum absolute atomic E-state index is 0.112. The Morgan fingerprint density at radius 3 is 2.79 bits per heavy atom. The van der Waals surface area contributed by atoms with Crippen LogP contribution in [0.3, 0.4) is 0 Å². The molecule has 3 heterocycles. The van der Waals surface area contributed by atoms with Crippen LogP contribution in [0.25, 0.3) is 0 Å². The van der Waals surface area contributed by atoms with E-state index in [0.717, 1.165) is 5.69 Å². The lowest BCUT2D eigenvalue weighted by Crippen LogP contribution is -2.36. The van der Waals surface area contributed by atoms with Gasteiger partial charge in [-0.25, -0.2) is 0 Å². The molecule has 0 bridgehead atoms. The lowest BCUT2D eigenvalue weighted by atomic mass is 9.94. The van der Waals surface area contributed by atoms with Crippen molar-refractivity contribution in [3.8, 4) is 0 Å². The summed E-state index contributed by atoms with van der Waals surface area (Å²) in [5.74, 6) is -0.265. The summed E-state index contributed by atoms with van der Waals surface area (Å²) >= 11 is 5.64. The summed E-state index contributed by atoms with van der Waals surface area (Å²) in [4.78, 5) is 18.8. The molecule has 0 radical (unpaired) electrons. The standard InChI is InChI=1S/C22H28N4O2S/c1-2-28-19(27)15-26-21(20(24-22(26)29)17-11-6-7-13-23-17)18-12-8-14-25(18)16-9-4-3-5-10-16/h6-8,11-14,16,20-21H,2-5,9-10,15H2,1H3,(H,24,29). The summed E-state index contributed by atoms with van der Waals surface area (Å²) in [6, 6.07) is 10.4. The van der Waals surface area contributed by atoms with E-state index in [9.17, 15) is 4.79 Å². The van der Waals surface area contributed by atoms with E-state index in [4.69, 9.17) is 17.0 Å². The van der Waals surface area contributed by atoms with Gasteiger partial charge < -0.3 is 19.5 Å². The van der Waals surface area contributed by atoms with Crippen molar-refractivity contribution >= 4 is 23.3 Å². The van der Waals surface area contributed by atoms with Crippen molar-refractivity contribution in [2.75, 3.05) is 13.2 Å². The Kier molecular flexibility index (Phi) is 6.13. The van der Waals surface area contributed by atoms with E-state index >= 15 is 0 Å². The summed E-state index contributed by atoms with van der Waals surface area (Å²) < 4.78 is 7.61. The van der Waals surface area contributed by atoms with Gasteiger partial charge in [-0.3, -0.25) is 9.78 Å². The third kappa shape index (κ3) is 4.15. The maximum Gasteiger partial charge on any atom is 0.325 e. The van der Waals surface area contributed by atoms with Gasteiger partial charge in [-0.15, -0.1) is 0 Å². The smallest absolute Gasteiger partial charge is 0.325 e. The van der Waals surface area contributed by atoms with Gasteiger partial charge in [0.25, 0.3) is 0 Å². The lowest BCUT2D eigenvalue weighted by molar-refractivity contribution is -0.143. The molecule has 2 aromatic rings. The number of nitrogens with one attached hydrogen (secondary N) is 1. The second-order valence-electron chi connectivity index (χ2n) is 7.69. The number of pyridine rings is 1. The van der Waals surface area contributed by atoms with Crippen molar-refractivity contribution in [1.29, 1.82) is 0 Å². The van der Waals surface area contributed by atoms with Crippen molar-refractivity contribution in [3.63, 3.8) is 0 Å². The van der Waals surface area contributed by atoms with Gasteiger partial charge in [0.15, 0.2) is 5.11 Å². The molecule has 2 aliphatic rings. The number of carbonyl (C=O) groups excluding carboxylic acids is 1. The molecule has 7 heteroatoms. The summed E-state index contributed by atoms with van der Waals surface area (Å²) in [5, 5.41) is 3.97. The molecule has 0 aromatic carbocycles. The van der Waals surface area contributed by atoms with Crippen LogP contribution in [0.15, 0.2) is 42.7 Å². The molecule has 29 heavy (non-hydrogen) atoms. The molecule has 1 saturated heterocycles. The largest absolute Gasteiger partial charge is 0.465 e. The van der Waals surface area contributed by atoms with E-state index in [0.29, 0.717) is 17.8 Å². The van der Waals surface area contributed by atoms with Crippen LogP contribution in [0.2, 0.25) is 0 Å². The lowest BCUT2D eigenvalue weighted by Gasteiger charge is -2.32. The molecule has 2 atom stereocenters. The Bertz CT molecular complexity index is 848. The maximum atomic E-state index is 12.3. The summed E-state index contributed by atoms with van der Waals surface area (Å²) in [5.41, 5.74) is 2.09. The van der Waals surface area contributed by atoms with E-state index in [2.05, 4.69) is 33.2 Å². The average Bonchev–Trinajstić information content (AvgIpc) is 3.34. The quantitative estimate of drug-likeness (QED) is 0.573. The molecule has 1 aliphatic heterocycles. The van der Waals surface area contributed by atoms with Crippen molar-refractivity contribution in [3.05, 3.63) is 54.1 Å². The second kappa shape index (κ2) is 8.95. The average molecular weight is 413 g/mol. The summed E-state index contributed by atoms with van der Waals surface area (Å²) in [7, 11) is 0. The zero-order valence-electron chi connectivity index (χ0n) is 16.8. The van der Waals surface area contributed by atoms with Crippen LogP contribution in [0, 0.1) is 0 Å². The van der Waals surface area contributed by atoms with Gasteiger partial charge in [0.1, 0.15) is 6.54 Å². The monoisotopic (exact) mass is 412 g/mol. The SMILES string of the molecule is CCOC(=O)CN1C(=S)NC(c2ccccn2)C1c1cccn1C1CCCCC1. The highest BCUT2D eigenvalue weighted by Crippen LogP contribution is 2.41. The predicted octanol–water partition coefficient (Wildman–Crippen LogP) is 3.92. The zero-order valence-corrected chi connectivity index (χ0v) is 17.6. The molecule has 2 fully saturated rings. The molecule has 2 unspecified atom stereocenters. The normalized spacial score (nSPS) is 22.5. The van der Waals surface area contributed by atoms with E-state index in [1.54, 1.807) is 6.20 Å². The van der Waals surface area contributed by atoms with Gasteiger partial charge in [-0.1, -0.05) is 25.3 Å². The van der Waals surface area contributed by atoms with Crippen LogP contribution in [-0.2, 0) is 9.53 Å². The Balaban J connectivity index is 1.71. The van der Waals surface area contributed by atoms with Gasteiger partial charge in [0, 0.05) is 24.1 Å². The number of carbonyl (C=O) groups is 1. The van der Waals surface area contributed by atoms with Crippen LogP contribution in [0.4, 0.5) is 0 Å². The van der Waals surface area contributed by atoms with Crippen LogP contribution in [0.1, 0.15) is 68.5 Å². The fourth-order valence-electron chi connectivity index (χ4n) is 4.59. The minimum atomic E-state index is -0.265. The summed E-state index contributed by atoms with van der Waals surface area (Å²) in [6.07, 6.45) is 10.2. The molecule has 154 valence electrons. The number of nitrogens with zero attached hydrogens (tertiary/aromatic N) is 3. The molecule has 1 saturated carbocycles. The number of rotatable bonds is 6. The molecule has 0 spiro atoms. The fourth-order valence-corrected chi connectivity index (χ4v) is 4.90. The van der Waals surface area contributed by atoms with Crippen molar-refractivity contribution in [2.24, 2.45) is 0 Å². The molecule has 1 aliphatic carbocycles. The number of ether oxygens (including phenoxy) is 1. The molecule has 4 rings (SSSR count). The van der Waals surface area contributed by atoms with Gasteiger partial charge in [0.05, 0.1) is 24.4 Å². The van der Waals surface area contributed by atoms with E-state index in [1.165, 1.54) is 37.8 Å². The second-order valence-corrected chi connectivity index (χ2v) is 8.08. The number of thiocarbonyl (C=S) groups is 1. The topological polar surface area (TPSA) is 59.4 Å². The highest BCUT2D eigenvalue weighted by Gasteiger charge is 2.42. The number of hydrogen-bond donors (Lipinski definition) is 1. The first-order valence-corrected chi connectivity index (χ1v) is 10.9.